The maximum atomic E-state index is 13.8. The van der Waals surface area contributed by atoms with Gasteiger partial charge in [-0.15, -0.1) is 0 Å². The third-order valence-electron chi connectivity index (χ3n) is 7.00. The SMILES string of the molecule is Cc1ccc(S(=O)(=O)[C@H](CO)[C@H](OCc2ccccc2)[C@H](O)[C@@H](COCc2ccccc2)OCc2ccccc2)cc1. The fourth-order valence-electron chi connectivity index (χ4n) is 4.58. The van der Waals surface area contributed by atoms with Crippen molar-refractivity contribution < 1.29 is 32.8 Å². The van der Waals surface area contributed by atoms with E-state index in [-0.39, 0.29) is 31.3 Å². The highest BCUT2D eigenvalue weighted by atomic mass is 32.2. The molecule has 8 heteroatoms. The summed E-state index contributed by atoms with van der Waals surface area (Å²) >= 11 is 0. The molecule has 2 N–H and O–H groups in total. The summed E-state index contributed by atoms with van der Waals surface area (Å²) in [6.07, 6.45) is -3.75. The van der Waals surface area contributed by atoms with Gasteiger partial charge in [0, 0.05) is 0 Å². The Bertz CT molecular complexity index is 1430. The second-order valence-electron chi connectivity index (χ2n) is 10.2. The average molecular weight is 591 g/mol. The highest BCUT2D eigenvalue weighted by molar-refractivity contribution is 7.92. The van der Waals surface area contributed by atoms with Crippen LogP contribution in [0.15, 0.2) is 120 Å². The lowest BCUT2D eigenvalue weighted by molar-refractivity contribution is -0.143. The zero-order valence-electron chi connectivity index (χ0n) is 23.7. The molecule has 0 unspecified atom stereocenters. The third kappa shape index (κ3) is 8.82. The molecular weight excluding hydrogens is 552 g/mol. The highest BCUT2D eigenvalue weighted by Gasteiger charge is 2.42. The van der Waals surface area contributed by atoms with E-state index in [4.69, 9.17) is 14.2 Å². The predicted molar refractivity (Wildman–Crippen MR) is 161 cm³/mol. The molecule has 4 aromatic carbocycles. The van der Waals surface area contributed by atoms with E-state index in [1.165, 1.54) is 12.1 Å². The van der Waals surface area contributed by atoms with E-state index in [2.05, 4.69) is 0 Å². The minimum absolute atomic E-state index is 0.0265. The lowest BCUT2D eigenvalue weighted by Crippen LogP contribution is -2.52. The molecule has 4 aromatic rings. The van der Waals surface area contributed by atoms with E-state index in [0.29, 0.717) is 0 Å². The second kappa shape index (κ2) is 15.7. The number of aryl methyl sites for hydroxylation is 1. The first-order chi connectivity index (χ1) is 20.4. The van der Waals surface area contributed by atoms with Gasteiger partial charge in [-0.1, -0.05) is 109 Å². The summed E-state index contributed by atoms with van der Waals surface area (Å²) in [5, 5.41) is 20.8. The standard InChI is InChI=1S/C34H38O7S/c1-26-17-19-30(20-18-26)42(37,38)32(21-35)34(41-24-29-15-9-4-10-16-29)33(36)31(40-23-28-13-7-3-8-14-28)25-39-22-27-11-5-2-6-12-27/h2-20,31-36H,21-25H2,1H3/t31-,32-,33-,34+/m1/s1. The number of aliphatic hydroxyl groups is 2. The molecule has 0 fully saturated rings. The maximum absolute atomic E-state index is 13.8. The molecule has 0 amide bonds. The van der Waals surface area contributed by atoms with E-state index in [1.807, 2.05) is 97.9 Å². The molecule has 0 aliphatic rings. The van der Waals surface area contributed by atoms with Gasteiger partial charge in [-0.05, 0) is 35.7 Å². The molecule has 222 valence electrons. The molecular formula is C34H38O7S. The van der Waals surface area contributed by atoms with Crippen LogP contribution in [-0.2, 0) is 43.9 Å². The van der Waals surface area contributed by atoms with E-state index in [9.17, 15) is 18.6 Å². The maximum Gasteiger partial charge on any atom is 0.186 e. The van der Waals surface area contributed by atoms with Crippen molar-refractivity contribution in [2.45, 2.75) is 55.2 Å². The molecule has 0 aliphatic heterocycles. The topological polar surface area (TPSA) is 102 Å². The summed E-state index contributed by atoms with van der Waals surface area (Å²) in [6.45, 7) is 1.54. The van der Waals surface area contributed by atoms with Crippen LogP contribution in [0.3, 0.4) is 0 Å². The van der Waals surface area contributed by atoms with Gasteiger partial charge >= 0.3 is 0 Å². The number of aliphatic hydroxyl groups excluding tert-OH is 2. The largest absolute Gasteiger partial charge is 0.395 e. The Labute approximate surface area is 248 Å². The Hall–Kier alpha value is -3.37. The van der Waals surface area contributed by atoms with Crippen molar-refractivity contribution >= 4 is 9.84 Å². The molecule has 0 radical (unpaired) electrons. The average Bonchev–Trinajstić information content (AvgIpc) is 3.02. The number of sulfone groups is 1. The van der Waals surface area contributed by atoms with Gasteiger partial charge in [-0.25, -0.2) is 8.42 Å². The van der Waals surface area contributed by atoms with Gasteiger partial charge in [0.05, 0.1) is 37.9 Å². The zero-order valence-corrected chi connectivity index (χ0v) is 24.5. The molecule has 0 spiro atoms. The number of benzene rings is 4. The Balaban J connectivity index is 1.62. The van der Waals surface area contributed by atoms with Gasteiger partial charge in [0.1, 0.15) is 23.6 Å². The molecule has 42 heavy (non-hydrogen) atoms. The smallest absolute Gasteiger partial charge is 0.186 e. The first-order valence-corrected chi connectivity index (χ1v) is 15.5. The van der Waals surface area contributed by atoms with E-state index in [0.717, 1.165) is 22.3 Å². The molecule has 0 aliphatic carbocycles. The van der Waals surface area contributed by atoms with Crippen LogP contribution in [-0.4, -0.2) is 55.4 Å². The first kappa shape index (κ1) is 31.6. The molecule has 0 saturated heterocycles. The van der Waals surface area contributed by atoms with Gasteiger partial charge in [-0.3, -0.25) is 0 Å². The quantitative estimate of drug-likeness (QED) is 0.192. The Morgan fingerprint density at radius 2 is 1.14 bits per heavy atom. The van der Waals surface area contributed by atoms with E-state index < -0.39 is 40.0 Å². The third-order valence-corrected chi connectivity index (χ3v) is 9.14. The molecule has 0 heterocycles. The van der Waals surface area contributed by atoms with Crippen LogP contribution < -0.4 is 0 Å². The van der Waals surface area contributed by atoms with E-state index in [1.54, 1.807) is 12.1 Å². The highest BCUT2D eigenvalue weighted by Crippen LogP contribution is 2.26. The van der Waals surface area contributed by atoms with Crippen LogP contribution in [0, 0.1) is 6.92 Å². The monoisotopic (exact) mass is 590 g/mol. The lowest BCUT2D eigenvalue weighted by Gasteiger charge is -2.34. The van der Waals surface area contributed by atoms with Crippen LogP contribution in [0.25, 0.3) is 0 Å². The molecule has 0 saturated carbocycles. The summed E-state index contributed by atoms with van der Waals surface area (Å²) in [4.78, 5) is 0.0368. The van der Waals surface area contributed by atoms with Crippen LogP contribution in [0.1, 0.15) is 22.3 Å². The normalized spacial score (nSPS) is 14.6. The van der Waals surface area contributed by atoms with Crippen LogP contribution >= 0.6 is 0 Å². The van der Waals surface area contributed by atoms with Gasteiger partial charge in [0.2, 0.25) is 0 Å². The Morgan fingerprint density at radius 3 is 1.64 bits per heavy atom. The summed E-state index contributed by atoms with van der Waals surface area (Å²) < 4.78 is 45.9. The molecule has 7 nitrogen and oxygen atoms in total. The lowest BCUT2D eigenvalue weighted by atomic mass is 10.0. The fraction of sp³-hybridized carbons (Fsp3) is 0.294. The molecule has 0 bridgehead atoms. The van der Waals surface area contributed by atoms with Crippen molar-refractivity contribution in [3.63, 3.8) is 0 Å². The fourth-order valence-corrected chi connectivity index (χ4v) is 6.23. The van der Waals surface area contributed by atoms with Crippen molar-refractivity contribution in [1.82, 2.24) is 0 Å². The molecule has 4 atom stereocenters. The Kier molecular flexibility index (Phi) is 11.8. The summed E-state index contributed by atoms with van der Waals surface area (Å²) in [6, 6.07) is 34.7. The van der Waals surface area contributed by atoms with Crippen LogP contribution in [0.5, 0.6) is 0 Å². The van der Waals surface area contributed by atoms with Crippen LogP contribution in [0.4, 0.5) is 0 Å². The van der Waals surface area contributed by atoms with Crippen LogP contribution in [0.2, 0.25) is 0 Å². The van der Waals surface area contributed by atoms with Crippen molar-refractivity contribution in [3.05, 3.63) is 138 Å². The Morgan fingerprint density at radius 1 is 0.667 bits per heavy atom. The zero-order chi connectivity index (χ0) is 29.8. The van der Waals surface area contributed by atoms with Crippen molar-refractivity contribution in [1.29, 1.82) is 0 Å². The number of rotatable bonds is 16. The van der Waals surface area contributed by atoms with Gasteiger partial charge < -0.3 is 24.4 Å². The number of ether oxygens (including phenoxy) is 3. The second-order valence-corrected chi connectivity index (χ2v) is 12.3. The number of hydrogen-bond donors (Lipinski definition) is 2. The first-order valence-electron chi connectivity index (χ1n) is 13.9. The van der Waals surface area contributed by atoms with Gasteiger partial charge in [0.25, 0.3) is 0 Å². The number of hydrogen-bond acceptors (Lipinski definition) is 7. The predicted octanol–water partition coefficient (Wildman–Crippen LogP) is 4.88. The van der Waals surface area contributed by atoms with Crippen molar-refractivity contribution in [2.24, 2.45) is 0 Å². The summed E-state index contributed by atoms with van der Waals surface area (Å²) in [7, 11) is -4.11. The molecule has 0 aromatic heterocycles. The summed E-state index contributed by atoms with van der Waals surface area (Å²) in [5.41, 5.74) is 3.52. The molecule has 4 rings (SSSR count). The van der Waals surface area contributed by atoms with E-state index >= 15 is 0 Å². The van der Waals surface area contributed by atoms with Crippen molar-refractivity contribution in [2.75, 3.05) is 13.2 Å². The van der Waals surface area contributed by atoms with Crippen molar-refractivity contribution in [3.8, 4) is 0 Å². The van der Waals surface area contributed by atoms with Gasteiger partial charge in [0.15, 0.2) is 9.84 Å². The minimum Gasteiger partial charge on any atom is -0.395 e. The minimum atomic E-state index is -4.11. The summed E-state index contributed by atoms with van der Waals surface area (Å²) in [5.74, 6) is 0. The van der Waals surface area contributed by atoms with Gasteiger partial charge in [-0.2, -0.15) is 0 Å².